The van der Waals surface area contributed by atoms with E-state index in [2.05, 4.69) is 32.0 Å². The minimum absolute atomic E-state index is 0.399. The third-order valence-electron chi connectivity index (χ3n) is 3.30. The van der Waals surface area contributed by atoms with Crippen LogP contribution in [0.2, 0.25) is 0 Å². The first-order chi connectivity index (χ1) is 10.0. The van der Waals surface area contributed by atoms with Crippen molar-refractivity contribution >= 4 is 24.3 Å². The molecule has 0 atom stereocenters. The first-order valence-electron chi connectivity index (χ1n) is 6.74. The molecule has 0 amide bonds. The predicted molar refractivity (Wildman–Crippen MR) is 88.3 cm³/mol. The van der Waals surface area contributed by atoms with Crippen molar-refractivity contribution in [3.8, 4) is 5.75 Å². The Bertz CT molecular complexity index is 629. The summed E-state index contributed by atoms with van der Waals surface area (Å²) in [5.41, 5.74) is 3.95. The Labute approximate surface area is 130 Å². The molecule has 0 saturated heterocycles. The van der Waals surface area contributed by atoms with Gasteiger partial charge in [0.2, 0.25) is 0 Å². The molecule has 2 N–H and O–H groups in total. The van der Waals surface area contributed by atoms with Gasteiger partial charge in [0.15, 0.2) is 0 Å². The number of aryl methyl sites for hydroxylation is 2. The zero-order valence-electron chi connectivity index (χ0n) is 12.5. The first kappa shape index (κ1) is 16.0. The van der Waals surface area contributed by atoms with Gasteiger partial charge in [-0.05, 0) is 37.1 Å². The largest absolute Gasteiger partial charge is 0.497 e. The summed E-state index contributed by atoms with van der Waals surface area (Å²) >= 11 is 1.74. The van der Waals surface area contributed by atoms with Gasteiger partial charge in [-0.1, -0.05) is 29.8 Å². The lowest BCUT2D eigenvalue weighted by Gasteiger charge is -2.11. The fraction of sp³-hybridized carbons (Fsp3) is 0.250. The summed E-state index contributed by atoms with van der Waals surface area (Å²) in [4.78, 5) is 1.24. The number of hydrogen-bond acceptors (Lipinski definition) is 4. The Hall–Kier alpha value is -1.43. The average molecular weight is 302 g/mol. The minimum Gasteiger partial charge on any atom is -0.497 e. The van der Waals surface area contributed by atoms with E-state index >= 15 is 0 Å². The molecule has 0 heterocycles. The van der Waals surface area contributed by atoms with Crippen molar-refractivity contribution < 1.29 is 14.8 Å². The molecule has 2 rings (SSSR count). The summed E-state index contributed by atoms with van der Waals surface area (Å²) < 4.78 is 5.13. The second kappa shape index (κ2) is 7.03. The number of ether oxygens (including phenoxy) is 1. The van der Waals surface area contributed by atoms with E-state index in [0.717, 1.165) is 11.3 Å². The summed E-state index contributed by atoms with van der Waals surface area (Å²) in [6, 6.07) is 11.9. The van der Waals surface area contributed by atoms with Gasteiger partial charge in [-0.25, -0.2) is 0 Å². The highest BCUT2D eigenvalue weighted by Crippen LogP contribution is 2.27. The number of benzene rings is 2. The summed E-state index contributed by atoms with van der Waals surface area (Å²) in [7, 11) is -0.00307. The van der Waals surface area contributed by atoms with Crippen molar-refractivity contribution in [3.63, 3.8) is 0 Å². The fourth-order valence-corrected chi connectivity index (χ4v) is 3.15. The van der Waals surface area contributed by atoms with E-state index in [9.17, 15) is 10.0 Å². The van der Waals surface area contributed by atoms with Gasteiger partial charge >= 0.3 is 7.12 Å². The van der Waals surface area contributed by atoms with Crippen LogP contribution in [-0.4, -0.2) is 24.3 Å². The number of thioether (sulfide) groups is 1. The van der Waals surface area contributed by atoms with Crippen molar-refractivity contribution in [2.75, 3.05) is 7.11 Å². The molecule has 0 unspecified atom stereocenters. The molecule has 0 aliphatic heterocycles. The normalized spacial score (nSPS) is 10.5. The van der Waals surface area contributed by atoms with Crippen molar-refractivity contribution in [3.05, 3.63) is 53.1 Å². The van der Waals surface area contributed by atoms with Crippen molar-refractivity contribution in [2.45, 2.75) is 24.5 Å². The maximum absolute atomic E-state index is 9.39. The lowest BCUT2D eigenvalue weighted by Crippen LogP contribution is -2.31. The van der Waals surface area contributed by atoms with Crippen LogP contribution in [0.15, 0.2) is 41.3 Å². The third kappa shape index (κ3) is 4.03. The Balaban J connectivity index is 2.14. The Morgan fingerprint density at radius 1 is 1.10 bits per heavy atom. The molecular weight excluding hydrogens is 283 g/mol. The zero-order chi connectivity index (χ0) is 15.4. The van der Waals surface area contributed by atoms with Crippen LogP contribution in [0.3, 0.4) is 0 Å². The van der Waals surface area contributed by atoms with Crippen LogP contribution in [0.25, 0.3) is 0 Å². The maximum Gasteiger partial charge on any atom is 0.492 e. The van der Waals surface area contributed by atoms with Gasteiger partial charge in [0.25, 0.3) is 0 Å². The van der Waals surface area contributed by atoms with Crippen LogP contribution in [0.1, 0.15) is 16.7 Å². The fourth-order valence-electron chi connectivity index (χ4n) is 2.20. The van der Waals surface area contributed by atoms with Crippen LogP contribution >= 0.6 is 11.8 Å². The molecule has 5 heteroatoms. The molecule has 0 saturated carbocycles. The second-order valence-electron chi connectivity index (χ2n) is 5.01. The van der Waals surface area contributed by atoms with E-state index in [0.29, 0.717) is 11.2 Å². The van der Waals surface area contributed by atoms with Gasteiger partial charge < -0.3 is 14.8 Å². The first-order valence-corrected chi connectivity index (χ1v) is 7.73. The van der Waals surface area contributed by atoms with Crippen molar-refractivity contribution in [2.24, 2.45) is 0 Å². The monoisotopic (exact) mass is 302 g/mol. The van der Waals surface area contributed by atoms with Gasteiger partial charge in [0.05, 0.1) is 7.11 Å². The lowest BCUT2D eigenvalue weighted by molar-refractivity contribution is 0.403. The van der Waals surface area contributed by atoms with Crippen LogP contribution < -0.4 is 10.2 Å². The molecule has 0 aliphatic rings. The Morgan fingerprint density at radius 3 is 2.48 bits per heavy atom. The van der Waals surface area contributed by atoms with E-state index < -0.39 is 7.12 Å². The summed E-state index contributed by atoms with van der Waals surface area (Å²) in [5.74, 6) is 1.26. The molecule has 2 aromatic rings. The summed E-state index contributed by atoms with van der Waals surface area (Å²) in [5, 5.41) is 18.8. The molecule has 2 aromatic carbocycles. The van der Waals surface area contributed by atoms with E-state index in [4.69, 9.17) is 4.74 Å². The SMILES string of the molecule is COc1ccc(CSc2ccc(C)cc2C)cc1B(O)O. The third-order valence-corrected chi connectivity index (χ3v) is 4.54. The molecule has 0 radical (unpaired) electrons. The number of hydrogen-bond donors (Lipinski definition) is 2. The van der Waals surface area contributed by atoms with Gasteiger partial charge in [0, 0.05) is 16.1 Å². The highest BCUT2D eigenvalue weighted by molar-refractivity contribution is 7.98. The van der Waals surface area contributed by atoms with E-state index in [1.807, 2.05) is 6.07 Å². The van der Waals surface area contributed by atoms with E-state index in [1.165, 1.54) is 23.1 Å². The molecule has 21 heavy (non-hydrogen) atoms. The molecule has 110 valence electrons. The van der Waals surface area contributed by atoms with Crippen LogP contribution in [0.4, 0.5) is 0 Å². The van der Waals surface area contributed by atoms with Gasteiger partial charge in [-0.2, -0.15) is 0 Å². The molecule has 0 fully saturated rings. The Kier molecular flexibility index (Phi) is 5.34. The van der Waals surface area contributed by atoms with Crippen LogP contribution in [-0.2, 0) is 5.75 Å². The van der Waals surface area contributed by atoms with Crippen molar-refractivity contribution in [1.29, 1.82) is 0 Å². The minimum atomic E-state index is -1.52. The van der Waals surface area contributed by atoms with E-state index in [1.54, 1.807) is 23.9 Å². The highest BCUT2D eigenvalue weighted by Gasteiger charge is 2.17. The highest BCUT2D eigenvalue weighted by atomic mass is 32.2. The predicted octanol–water partition coefficient (Wildman–Crippen LogP) is 2.28. The molecular formula is C16H19BO3S. The van der Waals surface area contributed by atoms with Crippen LogP contribution in [0.5, 0.6) is 5.75 Å². The molecule has 0 aromatic heterocycles. The smallest absolute Gasteiger partial charge is 0.492 e. The topological polar surface area (TPSA) is 49.7 Å². The lowest BCUT2D eigenvalue weighted by atomic mass is 9.79. The Morgan fingerprint density at radius 2 is 1.86 bits per heavy atom. The van der Waals surface area contributed by atoms with Gasteiger partial charge in [-0.3, -0.25) is 0 Å². The molecule has 3 nitrogen and oxygen atoms in total. The molecule has 0 spiro atoms. The zero-order valence-corrected chi connectivity index (χ0v) is 13.3. The molecule has 0 bridgehead atoms. The summed E-state index contributed by atoms with van der Waals surface area (Å²) in [6.07, 6.45) is 0. The average Bonchev–Trinajstić information content (AvgIpc) is 2.46. The standard InChI is InChI=1S/C16H19BO3S/c1-11-4-7-16(12(2)8-11)21-10-13-5-6-15(20-3)14(9-13)17(18)19/h4-9,18-19H,10H2,1-3H3. The molecule has 0 aliphatic carbocycles. The summed E-state index contributed by atoms with van der Waals surface area (Å²) in [6.45, 7) is 4.19. The maximum atomic E-state index is 9.39. The van der Waals surface area contributed by atoms with Crippen molar-refractivity contribution in [1.82, 2.24) is 0 Å². The number of methoxy groups -OCH3 is 1. The van der Waals surface area contributed by atoms with Gasteiger partial charge in [0.1, 0.15) is 5.75 Å². The van der Waals surface area contributed by atoms with E-state index in [-0.39, 0.29) is 0 Å². The number of rotatable bonds is 5. The van der Waals surface area contributed by atoms with Crippen LogP contribution in [0, 0.1) is 13.8 Å². The van der Waals surface area contributed by atoms with Gasteiger partial charge in [-0.15, -0.1) is 11.8 Å². The second-order valence-corrected chi connectivity index (χ2v) is 6.02. The quantitative estimate of drug-likeness (QED) is 0.657.